The predicted molar refractivity (Wildman–Crippen MR) is 154 cm³/mol. The van der Waals surface area contributed by atoms with E-state index in [1.807, 2.05) is 0 Å². The Labute approximate surface area is 236 Å². The molecule has 3 N–H and O–H groups in total. The molecule has 0 spiro atoms. The Balaban J connectivity index is 1.83. The molecule has 1 amide bonds. The molecule has 10 heteroatoms. The zero-order valence-corrected chi connectivity index (χ0v) is 22.5. The first-order valence-electron chi connectivity index (χ1n) is 11.2. The molecule has 0 fully saturated rings. The number of benzene rings is 3. The lowest BCUT2D eigenvalue weighted by Crippen LogP contribution is -2.40. The van der Waals surface area contributed by atoms with Crippen LogP contribution in [0.3, 0.4) is 0 Å². The molecule has 0 saturated heterocycles. The number of thiazole rings is 1. The summed E-state index contributed by atoms with van der Waals surface area (Å²) >= 11 is 20.0. The summed E-state index contributed by atoms with van der Waals surface area (Å²) in [4.78, 5) is 27.4. The molecule has 0 saturated carbocycles. The van der Waals surface area contributed by atoms with Crippen molar-refractivity contribution in [2.24, 2.45) is 5.73 Å². The molecule has 1 unspecified atom stereocenters. The number of carbonyl (C=O) groups excluding carboxylic acids is 1. The third-order valence-corrected chi connectivity index (χ3v) is 8.07. The highest BCUT2D eigenvalue weighted by Gasteiger charge is 2.36. The topological polar surface area (TPSA) is 101 Å². The van der Waals surface area contributed by atoms with Crippen LogP contribution >= 0.6 is 46.1 Å². The average Bonchev–Trinajstić information content (AvgIpc) is 3.22. The minimum Gasteiger partial charge on any atom is -0.384 e. The molecule has 1 aliphatic heterocycles. The molecule has 38 heavy (non-hydrogen) atoms. The molecule has 5 rings (SSSR count). The van der Waals surface area contributed by atoms with Gasteiger partial charge in [0.1, 0.15) is 10.5 Å². The summed E-state index contributed by atoms with van der Waals surface area (Å²) in [6.07, 6.45) is 1.64. The van der Waals surface area contributed by atoms with E-state index >= 15 is 0 Å². The number of hydrogen-bond acceptors (Lipinski definition) is 5. The van der Waals surface area contributed by atoms with Crippen molar-refractivity contribution in [3.63, 3.8) is 0 Å². The molecule has 1 aromatic heterocycles. The van der Waals surface area contributed by atoms with Gasteiger partial charge >= 0.3 is 0 Å². The third kappa shape index (κ3) is 4.64. The van der Waals surface area contributed by atoms with Gasteiger partial charge in [-0.25, -0.2) is 0 Å². The summed E-state index contributed by atoms with van der Waals surface area (Å²) in [5, 5.41) is 14.4. The van der Waals surface area contributed by atoms with Gasteiger partial charge in [-0.2, -0.15) is 5.26 Å². The zero-order chi connectivity index (χ0) is 27.0. The summed E-state index contributed by atoms with van der Waals surface area (Å²) in [6, 6.07) is 22.7. The molecule has 4 aromatic rings. The average molecular weight is 580 g/mol. The van der Waals surface area contributed by atoms with Crippen LogP contribution in [0.2, 0.25) is 15.1 Å². The van der Waals surface area contributed by atoms with Crippen molar-refractivity contribution in [1.82, 2.24) is 4.57 Å². The Hall–Kier alpha value is -3.80. The number of carbonyl (C=O) groups is 1. The van der Waals surface area contributed by atoms with E-state index in [9.17, 15) is 14.9 Å². The van der Waals surface area contributed by atoms with Gasteiger partial charge in [0.2, 0.25) is 0 Å². The number of anilines is 1. The molecule has 0 aliphatic carbocycles. The second kappa shape index (κ2) is 10.5. The Bertz CT molecular complexity index is 1850. The number of halogens is 3. The quantitative estimate of drug-likeness (QED) is 0.358. The lowest BCUT2D eigenvalue weighted by atomic mass is 9.83. The van der Waals surface area contributed by atoms with E-state index in [1.165, 1.54) is 4.57 Å². The van der Waals surface area contributed by atoms with E-state index < -0.39 is 17.4 Å². The first-order valence-corrected chi connectivity index (χ1v) is 13.2. The summed E-state index contributed by atoms with van der Waals surface area (Å²) < 4.78 is 1.79. The van der Waals surface area contributed by atoms with Crippen LogP contribution in [0.1, 0.15) is 17.0 Å². The van der Waals surface area contributed by atoms with Crippen LogP contribution < -0.4 is 25.8 Å². The number of fused-ring (bicyclic) bond motifs is 1. The minimum atomic E-state index is -0.910. The fraction of sp³-hybridized carbons (Fsp3) is 0.0357. The number of allylic oxidation sites excluding steroid dienone is 1. The first kappa shape index (κ1) is 25.8. The highest BCUT2D eigenvalue weighted by Crippen LogP contribution is 2.39. The van der Waals surface area contributed by atoms with Gasteiger partial charge in [0.15, 0.2) is 0 Å². The van der Waals surface area contributed by atoms with Crippen LogP contribution in [0.5, 0.6) is 0 Å². The Morgan fingerprint density at radius 3 is 2.32 bits per heavy atom. The number of amides is 1. The van der Waals surface area contributed by atoms with Gasteiger partial charge in [-0.15, -0.1) is 11.3 Å². The molecule has 2 heterocycles. The molecule has 1 aliphatic rings. The number of nitrogens with two attached hydrogens (primary N) is 1. The largest absolute Gasteiger partial charge is 0.384 e. The van der Waals surface area contributed by atoms with Crippen LogP contribution in [-0.4, -0.2) is 10.5 Å². The number of nitrogens with one attached hydrogen (secondary N) is 1. The lowest BCUT2D eigenvalue weighted by Gasteiger charge is -2.26. The highest BCUT2D eigenvalue weighted by molar-refractivity contribution is 7.07. The SMILES string of the molecule is N#CC1=C(N)n2c(s/c(=C\c3ccccc3Cl)c2=O)=C(C(=O)Nc2ccc(Cl)cc2)C1c1ccccc1Cl. The molecule has 6 nitrogen and oxygen atoms in total. The van der Waals surface area contributed by atoms with E-state index in [4.69, 9.17) is 40.5 Å². The molecule has 3 aromatic carbocycles. The summed E-state index contributed by atoms with van der Waals surface area (Å²) in [5.74, 6) is -1.49. The highest BCUT2D eigenvalue weighted by atomic mass is 35.5. The molecular formula is C28H17Cl3N4O2S. The van der Waals surface area contributed by atoms with E-state index in [0.29, 0.717) is 41.1 Å². The van der Waals surface area contributed by atoms with E-state index in [1.54, 1.807) is 78.9 Å². The second-order valence-corrected chi connectivity index (χ2v) is 10.6. The number of nitriles is 1. The standard InChI is InChI=1S/C28H17Cl3N4O2S/c29-16-9-11-17(12-10-16)34-26(36)24-23(18-6-2-4-8-21(18)31)19(14-32)25(33)35-27(37)22(38-28(24)35)13-15-5-1-3-7-20(15)30/h1-13,23H,33H2,(H,34,36)/b22-13-. The van der Waals surface area contributed by atoms with Crippen molar-refractivity contribution in [2.75, 3.05) is 5.32 Å². The van der Waals surface area contributed by atoms with Crippen LogP contribution in [0.15, 0.2) is 83.2 Å². The molecule has 1 atom stereocenters. The van der Waals surface area contributed by atoms with Gasteiger partial charge in [0.05, 0.1) is 27.7 Å². The monoisotopic (exact) mass is 578 g/mol. The van der Waals surface area contributed by atoms with Gasteiger partial charge in [0, 0.05) is 20.8 Å². The van der Waals surface area contributed by atoms with Crippen molar-refractivity contribution in [2.45, 2.75) is 5.92 Å². The first-order chi connectivity index (χ1) is 18.3. The van der Waals surface area contributed by atoms with Crippen LogP contribution in [0, 0.1) is 11.3 Å². The van der Waals surface area contributed by atoms with Crippen molar-refractivity contribution < 1.29 is 4.79 Å². The van der Waals surface area contributed by atoms with Gasteiger partial charge in [-0.05, 0) is 53.6 Å². The Morgan fingerprint density at radius 2 is 1.66 bits per heavy atom. The zero-order valence-electron chi connectivity index (χ0n) is 19.4. The maximum atomic E-state index is 13.9. The van der Waals surface area contributed by atoms with Crippen molar-refractivity contribution in [1.29, 1.82) is 5.26 Å². The van der Waals surface area contributed by atoms with E-state index in [2.05, 4.69) is 11.4 Å². The van der Waals surface area contributed by atoms with Crippen molar-refractivity contribution >= 4 is 75.2 Å². The number of nitrogens with zero attached hydrogens (tertiary/aromatic N) is 2. The van der Waals surface area contributed by atoms with Crippen molar-refractivity contribution in [3.8, 4) is 6.07 Å². The van der Waals surface area contributed by atoms with Crippen LogP contribution in [0.25, 0.3) is 17.5 Å². The van der Waals surface area contributed by atoms with Crippen molar-refractivity contribution in [3.05, 3.63) is 124 Å². The van der Waals surface area contributed by atoms with Gasteiger partial charge < -0.3 is 11.1 Å². The van der Waals surface area contributed by atoms with E-state index in [-0.39, 0.29) is 17.0 Å². The van der Waals surface area contributed by atoms with Gasteiger partial charge in [-0.1, -0.05) is 71.2 Å². The molecule has 0 radical (unpaired) electrons. The number of rotatable bonds is 4. The van der Waals surface area contributed by atoms with Gasteiger partial charge in [-0.3, -0.25) is 14.2 Å². The Kier molecular flexibility index (Phi) is 7.15. The van der Waals surface area contributed by atoms with Crippen LogP contribution in [0.4, 0.5) is 5.69 Å². The summed E-state index contributed by atoms with van der Waals surface area (Å²) in [6.45, 7) is 0. The third-order valence-electron chi connectivity index (χ3n) is 6.02. The minimum absolute atomic E-state index is 0.0380. The normalized spacial score (nSPS) is 15.3. The fourth-order valence-corrected chi connectivity index (χ4v) is 5.98. The summed E-state index contributed by atoms with van der Waals surface area (Å²) in [7, 11) is 0. The maximum Gasteiger partial charge on any atom is 0.274 e. The molecular weight excluding hydrogens is 563 g/mol. The smallest absolute Gasteiger partial charge is 0.274 e. The summed E-state index contributed by atoms with van der Waals surface area (Å²) in [5.41, 5.74) is 7.79. The number of aromatic nitrogens is 1. The predicted octanol–water partition coefficient (Wildman–Crippen LogP) is 4.94. The number of hydrogen-bond donors (Lipinski definition) is 2. The van der Waals surface area contributed by atoms with Gasteiger partial charge in [0.25, 0.3) is 11.5 Å². The molecule has 0 bridgehead atoms. The lowest BCUT2D eigenvalue weighted by molar-refractivity contribution is -0.111. The maximum absolute atomic E-state index is 13.9. The Morgan fingerprint density at radius 1 is 1.00 bits per heavy atom. The fourth-order valence-electron chi connectivity index (χ4n) is 4.25. The van der Waals surface area contributed by atoms with E-state index in [0.717, 1.165) is 11.3 Å². The second-order valence-electron chi connectivity index (χ2n) is 8.32. The van der Waals surface area contributed by atoms with Crippen LogP contribution in [-0.2, 0) is 4.79 Å². The molecule has 188 valence electrons.